The second-order valence-corrected chi connectivity index (χ2v) is 9.63. The number of hydrogen-bond donors (Lipinski definition) is 3. The molecule has 1 aliphatic carbocycles. The molecule has 37 heavy (non-hydrogen) atoms. The number of hydrogen-bond acceptors (Lipinski definition) is 10. The van der Waals surface area contributed by atoms with E-state index in [1.165, 1.54) is 4.90 Å². The fraction of sp³-hybridized carbons (Fsp3) is 0.360. The number of carbonyl (C=O) groups is 1. The first-order valence-corrected chi connectivity index (χ1v) is 12.1. The van der Waals surface area contributed by atoms with Crippen molar-refractivity contribution in [2.24, 2.45) is 0 Å². The zero-order valence-corrected chi connectivity index (χ0v) is 20.4. The van der Waals surface area contributed by atoms with E-state index in [1.807, 2.05) is 29.9 Å². The number of aliphatic hydroxyl groups is 2. The van der Waals surface area contributed by atoms with Gasteiger partial charge in [0.2, 0.25) is 11.5 Å². The summed E-state index contributed by atoms with van der Waals surface area (Å²) in [7, 11) is 1.64. The summed E-state index contributed by atoms with van der Waals surface area (Å²) < 4.78 is 7.23. The number of pyridine rings is 1. The van der Waals surface area contributed by atoms with Crippen molar-refractivity contribution in [3.8, 4) is 22.8 Å². The molecule has 2 aliphatic rings. The smallest absolute Gasteiger partial charge is 0.262 e. The lowest BCUT2D eigenvalue weighted by molar-refractivity contribution is -0.144. The molecule has 4 aromatic heterocycles. The number of aliphatic hydroxyl groups excluding tert-OH is 1. The van der Waals surface area contributed by atoms with Crippen LogP contribution in [-0.2, 0) is 10.4 Å². The van der Waals surface area contributed by atoms with Crippen LogP contribution in [0.1, 0.15) is 36.6 Å². The van der Waals surface area contributed by atoms with E-state index in [4.69, 9.17) is 4.52 Å². The standard InChI is InChI=1S/C25H26N8O4/c1-14-13-33(15-10-16(34)11-15)30-22(14)29-24-26-8-6-19(28-24)17-4-3-5-18(27-17)20-12-21(37-31-20)25(36)7-9-32(2)23(25)35/h3-6,8,12-13,15-16,34,36H,7,9-11H2,1-2H3,(H,26,28,29,30)/t15?,16?,25-/m1/s1. The largest absolute Gasteiger partial charge is 0.393 e. The number of nitrogens with zero attached hydrogens (tertiary/aromatic N) is 7. The van der Waals surface area contributed by atoms with Gasteiger partial charge in [-0.1, -0.05) is 11.2 Å². The second-order valence-electron chi connectivity index (χ2n) is 9.63. The van der Waals surface area contributed by atoms with Crippen molar-refractivity contribution in [2.75, 3.05) is 18.9 Å². The Kier molecular flexibility index (Phi) is 5.50. The van der Waals surface area contributed by atoms with Gasteiger partial charge in [-0.25, -0.2) is 15.0 Å². The van der Waals surface area contributed by atoms with Gasteiger partial charge in [0.1, 0.15) is 5.69 Å². The van der Waals surface area contributed by atoms with Crippen molar-refractivity contribution in [3.05, 3.63) is 54.0 Å². The predicted octanol–water partition coefficient (Wildman–Crippen LogP) is 2.19. The maximum Gasteiger partial charge on any atom is 0.262 e. The highest BCUT2D eigenvalue weighted by atomic mass is 16.5. The lowest BCUT2D eigenvalue weighted by atomic mass is 9.90. The molecule has 6 rings (SSSR count). The molecule has 0 unspecified atom stereocenters. The van der Waals surface area contributed by atoms with Crippen LogP contribution < -0.4 is 5.32 Å². The molecule has 2 fully saturated rings. The van der Waals surface area contributed by atoms with E-state index < -0.39 is 11.5 Å². The average Bonchev–Trinajstić information content (AvgIpc) is 3.58. The fourth-order valence-corrected chi connectivity index (χ4v) is 4.63. The highest BCUT2D eigenvalue weighted by Crippen LogP contribution is 2.35. The lowest BCUT2D eigenvalue weighted by Crippen LogP contribution is -2.35. The molecule has 1 atom stereocenters. The number of aryl methyl sites for hydroxylation is 1. The summed E-state index contributed by atoms with van der Waals surface area (Å²) in [4.78, 5) is 27.5. The number of amides is 1. The van der Waals surface area contributed by atoms with E-state index in [1.54, 1.807) is 31.4 Å². The van der Waals surface area contributed by atoms with Gasteiger partial charge in [0.15, 0.2) is 11.6 Å². The van der Waals surface area contributed by atoms with E-state index in [0.29, 0.717) is 53.9 Å². The van der Waals surface area contributed by atoms with E-state index in [2.05, 4.69) is 30.5 Å². The monoisotopic (exact) mass is 502 g/mol. The topological polar surface area (TPSA) is 155 Å². The minimum absolute atomic E-state index is 0.101. The van der Waals surface area contributed by atoms with Gasteiger partial charge < -0.3 is 25.0 Å². The van der Waals surface area contributed by atoms with Crippen molar-refractivity contribution in [3.63, 3.8) is 0 Å². The first kappa shape index (κ1) is 23.3. The van der Waals surface area contributed by atoms with Crippen molar-refractivity contribution >= 4 is 17.7 Å². The van der Waals surface area contributed by atoms with Crippen LogP contribution in [0.3, 0.4) is 0 Å². The quantitative estimate of drug-likeness (QED) is 0.357. The van der Waals surface area contributed by atoms with E-state index in [-0.39, 0.29) is 24.3 Å². The van der Waals surface area contributed by atoms with Crippen LogP contribution >= 0.6 is 0 Å². The zero-order valence-electron chi connectivity index (χ0n) is 20.4. The fourth-order valence-electron chi connectivity index (χ4n) is 4.63. The summed E-state index contributed by atoms with van der Waals surface area (Å²) in [5.74, 6) is 0.717. The van der Waals surface area contributed by atoms with Crippen LogP contribution in [0.4, 0.5) is 11.8 Å². The number of rotatable bonds is 6. The molecule has 0 aromatic carbocycles. The van der Waals surface area contributed by atoms with Crippen LogP contribution in [0, 0.1) is 6.92 Å². The number of likely N-dealkylation sites (N-methyl/N-ethyl adjacent to an activating group) is 1. The normalized spacial score (nSPS) is 23.4. The molecule has 3 N–H and O–H groups in total. The minimum atomic E-state index is -1.71. The van der Waals surface area contributed by atoms with Gasteiger partial charge in [-0.15, -0.1) is 0 Å². The van der Waals surface area contributed by atoms with Crippen molar-refractivity contribution in [2.45, 2.75) is 43.9 Å². The van der Waals surface area contributed by atoms with E-state index in [0.717, 1.165) is 5.56 Å². The highest BCUT2D eigenvalue weighted by Gasteiger charge is 2.48. The number of nitrogens with one attached hydrogen (secondary N) is 1. The summed E-state index contributed by atoms with van der Waals surface area (Å²) >= 11 is 0. The van der Waals surface area contributed by atoms with Gasteiger partial charge in [0.25, 0.3) is 5.91 Å². The second kappa shape index (κ2) is 8.75. The summed E-state index contributed by atoms with van der Waals surface area (Å²) in [5, 5.41) is 32.2. The number of aromatic nitrogens is 6. The van der Waals surface area contributed by atoms with Gasteiger partial charge in [-0.3, -0.25) is 9.48 Å². The van der Waals surface area contributed by atoms with Crippen LogP contribution in [0.2, 0.25) is 0 Å². The van der Waals surface area contributed by atoms with Gasteiger partial charge in [-0.2, -0.15) is 5.10 Å². The van der Waals surface area contributed by atoms with Crippen LogP contribution in [0.25, 0.3) is 22.8 Å². The Morgan fingerprint density at radius 1 is 1.14 bits per heavy atom. The molecule has 5 heterocycles. The average molecular weight is 503 g/mol. The van der Waals surface area contributed by atoms with Crippen LogP contribution in [-0.4, -0.2) is 70.6 Å². The zero-order chi connectivity index (χ0) is 25.7. The maximum absolute atomic E-state index is 12.4. The number of anilines is 2. The summed E-state index contributed by atoms with van der Waals surface area (Å²) in [5.41, 5.74) is 1.34. The van der Waals surface area contributed by atoms with E-state index >= 15 is 0 Å². The Bertz CT molecular complexity index is 1480. The first-order chi connectivity index (χ1) is 17.8. The maximum atomic E-state index is 12.4. The highest BCUT2D eigenvalue weighted by molar-refractivity contribution is 5.87. The molecule has 12 heteroatoms. The van der Waals surface area contributed by atoms with Crippen molar-refractivity contribution in [1.29, 1.82) is 0 Å². The molecular weight excluding hydrogens is 476 g/mol. The third-order valence-electron chi connectivity index (χ3n) is 6.96. The SMILES string of the molecule is Cc1cn(C2CC(O)C2)nc1Nc1nccc(-c2cccc(-c3cc([C@]4(O)CCN(C)C4=O)on3)n2)n1. The molecule has 12 nitrogen and oxygen atoms in total. The van der Waals surface area contributed by atoms with Crippen LogP contribution in [0.5, 0.6) is 0 Å². The third kappa shape index (κ3) is 4.13. The van der Waals surface area contributed by atoms with Crippen molar-refractivity contribution in [1.82, 2.24) is 34.8 Å². The third-order valence-corrected chi connectivity index (χ3v) is 6.96. The number of likely N-dealkylation sites (tertiary alicyclic amines) is 1. The van der Waals surface area contributed by atoms with Gasteiger partial charge >= 0.3 is 0 Å². The van der Waals surface area contributed by atoms with E-state index in [9.17, 15) is 15.0 Å². The molecule has 0 radical (unpaired) electrons. The molecule has 1 saturated carbocycles. The minimum Gasteiger partial charge on any atom is -0.393 e. The summed E-state index contributed by atoms with van der Waals surface area (Å²) in [6, 6.07) is 8.92. The molecule has 190 valence electrons. The first-order valence-electron chi connectivity index (χ1n) is 12.1. The molecule has 0 spiro atoms. The molecule has 0 bridgehead atoms. The van der Waals surface area contributed by atoms with Crippen LogP contribution in [0.15, 0.2) is 47.2 Å². The Hall–Kier alpha value is -4.16. The Balaban J connectivity index is 1.23. The molecular formula is C25H26N8O4. The summed E-state index contributed by atoms with van der Waals surface area (Å²) in [6.45, 7) is 2.39. The summed E-state index contributed by atoms with van der Waals surface area (Å²) in [6.07, 6.45) is 4.98. The lowest BCUT2D eigenvalue weighted by Gasteiger charge is -2.31. The predicted molar refractivity (Wildman–Crippen MR) is 131 cm³/mol. The Labute approximate surface area is 212 Å². The number of carbonyl (C=O) groups excluding carboxylic acids is 1. The van der Waals surface area contributed by atoms with Crippen molar-refractivity contribution < 1.29 is 19.5 Å². The molecule has 1 amide bonds. The van der Waals surface area contributed by atoms with Gasteiger partial charge in [0.05, 0.1) is 29.2 Å². The molecule has 1 saturated heterocycles. The van der Waals surface area contributed by atoms with Gasteiger partial charge in [0, 0.05) is 44.0 Å². The Morgan fingerprint density at radius 3 is 2.62 bits per heavy atom. The molecule has 4 aromatic rings. The molecule has 1 aliphatic heterocycles. The Morgan fingerprint density at radius 2 is 1.89 bits per heavy atom. The van der Waals surface area contributed by atoms with Gasteiger partial charge in [-0.05, 0) is 38.0 Å².